The quantitative estimate of drug-likeness (QED) is 0.753. The number of nitrogens with zero attached hydrogens (tertiary/aromatic N) is 1. The average molecular weight is 213 g/mol. The topological polar surface area (TPSA) is 64.9 Å². The summed E-state index contributed by atoms with van der Waals surface area (Å²) in [5.74, 6) is 0. The zero-order chi connectivity index (χ0) is 11.5. The molecule has 1 heterocycles. The molecule has 3 heteroatoms. The fourth-order valence-corrected chi connectivity index (χ4v) is 1.60. The van der Waals surface area contributed by atoms with Crippen molar-refractivity contribution >= 4 is 11.4 Å². The molecule has 0 radical (unpaired) electrons. The molecule has 0 amide bonds. The van der Waals surface area contributed by atoms with Crippen LogP contribution in [0, 0.1) is 0 Å². The minimum Gasteiger partial charge on any atom is -0.397 e. The normalized spacial score (nSPS) is 10.3. The Labute approximate surface area is 95.1 Å². The minimum absolute atomic E-state index is 0.596. The van der Waals surface area contributed by atoms with Crippen molar-refractivity contribution in [2.45, 2.75) is 13.3 Å². The lowest BCUT2D eigenvalue weighted by molar-refractivity contribution is 1.11. The van der Waals surface area contributed by atoms with Crippen molar-refractivity contribution in [2.24, 2.45) is 0 Å². The molecule has 0 bridgehead atoms. The third-order valence-corrected chi connectivity index (χ3v) is 2.65. The standard InChI is InChI=1S/C13H15N3/c1-2-9-6-7-12(16-8-9)10-4-3-5-11(14)13(10)15/h3-8H,2,14-15H2,1H3. The van der Waals surface area contributed by atoms with Gasteiger partial charge in [0, 0.05) is 11.8 Å². The van der Waals surface area contributed by atoms with Crippen molar-refractivity contribution in [1.82, 2.24) is 4.98 Å². The first kappa shape index (κ1) is 10.5. The average Bonchev–Trinajstić information content (AvgIpc) is 2.33. The number of aromatic nitrogens is 1. The lowest BCUT2D eigenvalue weighted by atomic mass is 10.1. The molecule has 82 valence electrons. The van der Waals surface area contributed by atoms with Gasteiger partial charge in [-0.25, -0.2) is 0 Å². The second-order valence-electron chi connectivity index (χ2n) is 3.71. The molecule has 1 aromatic heterocycles. The summed E-state index contributed by atoms with van der Waals surface area (Å²) in [7, 11) is 0. The number of anilines is 2. The fraction of sp³-hybridized carbons (Fsp3) is 0.154. The smallest absolute Gasteiger partial charge is 0.0723 e. The van der Waals surface area contributed by atoms with Crippen LogP contribution in [-0.4, -0.2) is 4.98 Å². The predicted molar refractivity (Wildman–Crippen MR) is 67.9 cm³/mol. The number of benzene rings is 1. The molecular weight excluding hydrogens is 198 g/mol. The van der Waals surface area contributed by atoms with Gasteiger partial charge < -0.3 is 11.5 Å². The van der Waals surface area contributed by atoms with Gasteiger partial charge >= 0.3 is 0 Å². The van der Waals surface area contributed by atoms with Gasteiger partial charge in [0.2, 0.25) is 0 Å². The van der Waals surface area contributed by atoms with Crippen molar-refractivity contribution in [3.8, 4) is 11.3 Å². The maximum Gasteiger partial charge on any atom is 0.0723 e. The molecule has 0 unspecified atom stereocenters. The van der Waals surface area contributed by atoms with Gasteiger partial charge in [-0.05, 0) is 24.1 Å². The van der Waals surface area contributed by atoms with Crippen LogP contribution >= 0.6 is 0 Å². The number of rotatable bonds is 2. The zero-order valence-electron chi connectivity index (χ0n) is 9.27. The Morgan fingerprint density at radius 1 is 1.12 bits per heavy atom. The van der Waals surface area contributed by atoms with Crippen LogP contribution in [0.15, 0.2) is 36.5 Å². The van der Waals surface area contributed by atoms with Gasteiger partial charge in [-0.3, -0.25) is 4.98 Å². The Hall–Kier alpha value is -2.03. The van der Waals surface area contributed by atoms with Crippen LogP contribution < -0.4 is 11.5 Å². The lowest BCUT2D eigenvalue weighted by Crippen LogP contribution is -1.97. The van der Waals surface area contributed by atoms with E-state index in [1.165, 1.54) is 5.56 Å². The molecule has 4 N–H and O–H groups in total. The largest absolute Gasteiger partial charge is 0.397 e. The molecule has 0 saturated carbocycles. The highest BCUT2D eigenvalue weighted by Gasteiger charge is 2.05. The zero-order valence-corrected chi connectivity index (χ0v) is 9.27. The van der Waals surface area contributed by atoms with Gasteiger partial charge in [0.1, 0.15) is 0 Å². The van der Waals surface area contributed by atoms with E-state index in [0.29, 0.717) is 11.4 Å². The fourth-order valence-electron chi connectivity index (χ4n) is 1.60. The van der Waals surface area contributed by atoms with Gasteiger partial charge in [0.25, 0.3) is 0 Å². The molecule has 0 atom stereocenters. The monoisotopic (exact) mass is 213 g/mol. The van der Waals surface area contributed by atoms with E-state index in [0.717, 1.165) is 17.7 Å². The van der Waals surface area contributed by atoms with E-state index in [-0.39, 0.29) is 0 Å². The summed E-state index contributed by atoms with van der Waals surface area (Å²) in [6.07, 6.45) is 2.86. The molecule has 2 aromatic rings. The van der Waals surface area contributed by atoms with Crippen LogP contribution in [0.4, 0.5) is 11.4 Å². The molecule has 0 aliphatic heterocycles. The molecule has 0 saturated heterocycles. The Balaban J connectivity index is 2.46. The lowest BCUT2D eigenvalue weighted by Gasteiger charge is -2.07. The third kappa shape index (κ3) is 1.84. The number of nitrogen functional groups attached to an aromatic ring is 2. The molecule has 1 aromatic carbocycles. The Morgan fingerprint density at radius 2 is 1.94 bits per heavy atom. The highest BCUT2D eigenvalue weighted by molar-refractivity contribution is 5.82. The number of hydrogen-bond donors (Lipinski definition) is 2. The van der Waals surface area contributed by atoms with Crippen LogP contribution in [0.1, 0.15) is 12.5 Å². The Morgan fingerprint density at radius 3 is 2.56 bits per heavy atom. The van der Waals surface area contributed by atoms with Crippen molar-refractivity contribution in [3.63, 3.8) is 0 Å². The summed E-state index contributed by atoms with van der Waals surface area (Å²) < 4.78 is 0. The summed E-state index contributed by atoms with van der Waals surface area (Å²) in [5.41, 5.74) is 15.8. The molecule has 2 rings (SSSR count). The summed E-state index contributed by atoms with van der Waals surface area (Å²) in [6.45, 7) is 2.10. The van der Waals surface area contributed by atoms with Crippen LogP contribution in [0.2, 0.25) is 0 Å². The van der Waals surface area contributed by atoms with Crippen molar-refractivity contribution in [3.05, 3.63) is 42.1 Å². The molecule has 0 aliphatic rings. The minimum atomic E-state index is 0.596. The van der Waals surface area contributed by atoms with Crippen LogP contribution in [-0.2, 0) is 6.42 Å². The van der Waals surface area contributed by atoms with E-state index in [2.05, 4.69) is 18.0 Å². The Bertz CT molecular complexity index is 489. The van der Waals surface area contributed by atoms with E-state index in [1.54, 1.807) is 6.07 Å². The molecule has 0 aliphatic carbocycles. The van der Waals surface area contributed by atoms with Gasteiger partial charge in [-0.2, -0.15) is 0 Å². The molecule has 0 fully saturated rings. The summed E-state index contributed by atoms with van der Waals surface area (Å²) in [6, 6.07) is 9.64. The predicted octanol–water partition coefficient (Wildman–Crippen LogP) is 2.48. The number of aryl methyl sites for hydroxylation is 1. The van der Waals surface area contributed by atoms with Crippen molar-refractivity contribution in [1.29, 1.82) is 0 Å². The van der Waals surface area contributed by atoms with Gasteiger partial charge in [-0.15, -0.1) is 0 Å². The van der Waals surface area contributed by atoms with Gasteiger partial charge in [0.05, 0.1) is 17.1 Å². The van der Waals surface area contributed by atoms with E-state index >= 15 is 0 Å². The highest BCUT2D eigenvalue weighted by Crippen LogP contribution is 2.28. The molecule has 0 spiro atoms. The number of nitrogens with two attached hydrogens (primary N) is 2. The first-order chi connectivity index (χ1) is 7.72. The second-order valence-corrected chi connectivity index (χ2v) is 3.71. The van der Waals surface area contributed by atoms with Crippen LogP contribution in [0.25, 0.3) is 11.3 Å². The van der Waals surface area contributed by atoms with Crippen molar-refractivity contribution < 1.29 is 0 Å². The number of para-hydroxylation sites is 1. The van der Waals surface area contributed by atoms with Crippen LogP contribution in [0.5, 0.6) is 0 Å². The van der Waals surface area contributed by atoms with Gasteiger partial charge in [0.15, 0.2) is 0 Å². The number of hydrogen-bond acceptors (Lipinski definition) is 3. The Kier molecular flexibility index (Phi) is 2.77. The van der Waals surface area contributed by atoms with Gasteiger partial charge in [-0.1, -0.05) is 25.1 Å². The van der Waals surface area contributed by atoms with Crippen LogP contribution in [0.3, 0.4) is 0 Å². The van der Waals surface area contributed by atoms with E-state index in [1.807, 2.05) is 24.4 Å². The second kappa shape index (κ2) is 4.23. The molecular formula is C13H15N3. The number of pyridine rings is 1. The highest BCUT2D eigenvalue weighted by atomic mass is 14.7. The SMILES string of the molecule is CCc1ccc(-c2cccc(N)c2N)nc1. The molecule has 16 heavy (non-hydrogen) atoms. The molecule has 3 nitrogen and oxygen atoms in total. The maximum absolute atomic E-state index is 5.92. The maximum atomic E-state index is 5.92. The van der Waals surface area contributed by atoms with Crippen molar-refractivity contribution in [2.75, 3.05) is 11.5 Å². The summed E-state index contributed by atoms with van der Waals surface area (Å²) in [5, 5.41) is 0. The first-order valence-electron chi connectivity index (χ1n) is 5.31. The third-order valence-electron chi connectivity index (χ3n) is 2.65. The summed E-state index contributed by atoms with van der Waals surface area (Å²) in [4.78, 5) is 4.39. The van der Waals surface area contributed by atoms with E-state index < -0.39 is 0 Å². The van der Waals surface area contributed by atoms with E-state index in [4.69, 9.17) is 11.5 Å². The first-order valence-corrected chi connectivity index (χ1v) is 5.31. The van der Waals surface area contributed by atoms with E-state index in [9.17, 15) is 0 Å². The summed E-state index contributed by atoms with van der Waals surface area (Å²) >= 11 is 0.